The van der Waals surface area contributed by atoms with Gasteiger partial charge >= 0.3 is 0 Å². The van der Waals surface area contributed by atoms with Crippen molar-refractivity contribution in [3.8, 4) is 0 Å². The van der Waals surface area contributed by atoms with Crippen molar-refractivity contribution in [1.29, 1.82) is 0 Å². The Morgan fingerprint density at radius 2 is 2.04 bits per heavy atom. The molecule has 1 saturated heterocycles. The molecule has 1 aliphatic rings. The van der Waals surface area contributed by atoms with Gasteiger partial charge in [-0.2, -0.15) is 0 Å². The Morgan fingerprint density at radius 1 is 1.32 bits per heavy atom. The second-order valence-corrected chi connectivity index (χ2v) is 8.01. The molecule has 3 heterocycles. The molecule has 0 saturated carbocycles. The van der Waals surface area contributed by atoms with Crippen LogP contribution in [0.15, 0.2) is 16.5 Å². The lowest BCUT2D eigenvalue weighted by Crippen LogP contribution is -2.40. The topological polar surface area (TPSA) is 97.3 Å². The number of rotatable bonds is 5. The molecule has 3 rings (SSSR count). The monoisotopic (exact) mass is 363 g/mol. The van der Waals surface area contributed by atoms with Gasteiger partial charge in [0.05, 0.1) is 11.6 Å². The van der Waals surface area contributed by atoms with Crippen LogP contribution in [-0.2, 0) is 5.54 Å². The van der Waals surface area contributed by atoms with Crippen molar-refractivity contribution in [3.63, 3.8) is 0 Å². The molecule has 2 aromatic rings. The molecule has 1 fully saturated rings. The summed E-state index contributed by atoms with van der Waals surface area (Å²) >= 11 is 1.26. The average Bonchev–Trinajstić information content (AvgIpc) is 3.24. The molecule has 0 radical (unpaired) electrons. The molecular formula is C17H25N5O2S. The minimum absolute atomic E-state index is 0.179. The van der Waals surface area contributed by atoms with E-state index in [1.807, 2.05) is 19.9 Å². The third kappa shape index (κ3) is 4.01. The smallest absolute Gasteiger partial charge is 0.287 e. The van der Waals surface area contributed by atoms with Crippen molar-refractivity contribution in [1.82, 2.24) is 20.4 Å². The quantitative estimate of drug-likeness (QED) is 0.848. The van der Waals surface area contributed by atoms with E-state index in [-0.39, 0.29) is 11.9 Å². The van der Waals surface area contributed by atoms with Gasteiger partial charge in [0.15, 0.2) is 5.76 Å². The van der Waals surface area contributed by atoms with Crippen LogP contribution < -0.4 is 11.1 Å². The fourth-order valence-electron chi connectivity index (χ4n) is 3.07. The normalized spacial score (nSPS) is 17.4. The number of likely N-dealkylation sites (tertiary alicyclic amines) is 1. The predicted molar refractivity (Wildman–Crippen MR) is 97.4 cm³/mol. The zero-order valence-corrected chi connectivity index (χ0v) is 15.7. The van der Waals surface area contributed by atoms with E-state index in [2.05, 4.69) is 27.3 Å². The summed E-state index contributed by atoms with van der Waals surface area (Å²) in [6.07, 6.45) is 3.73. The fraction of sp³-hybridized carbons (Fsp3) is 0.588. The van der Waals surface area contributed by atoms with Gasteiger partial charge in [-0.1, -0.05) is 17.8 Å². The summed E-state index contributed by atoms with van der Waals surface area (Å²) in [4.78, 5) is 15.0. The largest absolute Gasteiger partial charge is 0.454 e. The molecule has 0 aliphatic carbocycles. The Morgan fingerprint density at radius 3 is 2.68 bits per heavy atom. The average molecular weight is 363 g/mol. The number of nitrogens with two attached hydrogens (primary N) is 1. The lowest BCUT2D eigenvalue weighted by molar-refractivity contribution is 0.0874. The Bertz CT molecular complexity index is 733. The Balaban J connectivity index is 1.68. The highest BCUT2D eigenvalue weighted by molar-refractivity contribution is 7.15. The minimum atomic E-state index is -0.669. The summed E-state index contributed by atoms with van der Waals surface area (Å²) in [6, 6.07) is 3.80. The molecule has 0 spiro atoms. The van der Waals surface area contributed by atoms with Crippen LogP contribution in [0.2, 0.25) is 0 Å². The van der Waals surface area contributed by atoms with E-state index in [1.165, 1.54) is 30.6 Å². The van der Waals surface area contributed by atoms with Crippen LogP contribution in [0.5, 0.6) is 0 Å². The van der Waals surface area contributed by atoms with E-state index in [1.54, 1.807) is 6.07 Å². The lowest BCUT2D eigenvalue weighted by Gasteiger charge is -2.31. The molecule has 25 heavy (non-hydrogen) atoms. The first-order valence-corrected chi connectivity index (χ1v) is 9.44. The number of amides is 1. The van der Waals surface area contributed by atoms with Crippen LogP contribution in [0.1, 0.15) is 67.4 Å². The summed E-state index contributed by atoms with van der Waals surface area (Å²) < 4.78 is 5.84. The predicted octanol–water partition coefficient (Wildman–Crippen LogP) is 2.93. The first-order valence-electron chi connectivity index (χ1n) is 8.62. The number of aromatic nitrogens is 2. The molecular weight excluding hydrogens is 338 g/mol. The molecule has 0 aromatic carbocycles. The summed E-state index contributed by atoms with van der Waals surface area (Å²) in [6.45, 7) is 8.01. The maximum Gasteiger partial charge on any atom is 0.287 e. The van der Waals surface area contributed by atoms with Gasteiger partial charge in [-0.15, -0.1) is 10.2 Å². The van der Waals surface area contributed by atoms with E-state index < -0.39 is 5.54 Å². The number of hydrogen-bond acceptors (Lipinski definition) is 7. The fourth-order valence-corrected chi connectivity index (χ4v) is 3.74. The standard InChI is InChI=1S/C17H25N5O2S/c1-11(22-9-5-4-6-10-22)12-7-8-13(24-12)14(23)19-17(2,3)15-20-21-16(18)25-15/h7-8,11H,4-6,9-10H2,1-3H3,(H2,18,21)(H,19,23)/t11-/m1/s1. The molecule has 0 bridgehead atoms. The van der Waals surface area contributed by atoms with E-state index in [9.17, 15) is 4.79 Å². The van der Waals surface area contributed by atoms with Crippen molar-refractivity contribution < 1.29 is 9.21 Å². The van der Waals surface area contributed by atoms with Crippen LogP contribution in [0, 0.1) is 0 Å². The number of nitrogen functional groups attached to an aromatic ring is 1. The van der Waals surface area contributed by atoms with Gasteiger partial charge in [0.1, 0.15) is 10.8 Å². The summed E-state index contributed by atoms with van der Waals surface area (Å²) in [5, 5.41) is 11.8. The Kier molecular flexibility index (Phi) is 5.10. The maximum atomic E-state index is 12.6. The Hall–Kier alpha value is -1.93. The molecule has 3 N–H and O–H groups in total. The zero-order chi connectivity index (χ0) is 18.0. The van der Waals surface area contributed by atoms with Gasteiger partial charge in [-0.05, 0) is 58.8 Å². The van der Waals surface area contributed by atoms with Crippen molar-refractivity contribution >= 4 is 22.4 Å². The molecule has 2 aromatic heterocycles. The van der Waals surface area contributed by atoms with Gasteiger partial charge in [0.2, 0.25) is 5.13 Å². The number of carbonyl (C=O) groups is 1. The zero-order valence-electron chi connectivity index (χ0n) is 14.9. The van der Waals surface area contributed by atoms with Gasteiger partial charge < -0.3 is 15.5 Å². The second-order valence-electron chi connectivity index (χ2n) is 7.00. The minimum Gasteiger partial charge on any atom is -0.454 e. The van der Waals surface area contributed by atoms with Gasteiger partial charge in [0.25, 0.3) is 5.91 Å². The molecule has 1 aliphatic heterocycles. The van der Waals surface area contributed by atoms with Crippen LogP contribution in [0.25, 0.3) is 0 Å². The molecule has 7 nitrogen and oxygen atoms in total. The van der Waals surface area contributed by atoms with E-state index >= 15 is 0 Å². The molecule has 8 heteroatoms. The molecule has 136 valence electrons. The van der Waals surface area contributed by atoms with Crippen molar-refractivity contribution in [2.24, 2.45) is 0 Å². The third-order valence-corrected chi connectivity index (χ3v) is 5.68. The van der Waals surface area contributed by atoms with Gasteiger partial charge in [0, 0.05) is 0 Å². The van der Waals surface area contributed by atoms with Crippen LogP contribution >= 0.6 is 11.3 Å². The van der Waals surface area contributed by atoms with E-state index in [4.69, 9.17) is 10.2 Å². The summed E-state index contributed by atoms with van der Waals surface area (Å²) in [5.41, 5.74) is 4.96. The first-order chi connectivity index (χ1) is 11.9. The summed E-state index contributed by atoms with van der Waals surface area (Å²) in [5.74, 6) is 0.866. The van der Waals surface area contributed by atoms with Crippen LogP contribution in [-0.4, -0.2) is 34.1 Å². The number of anilines is 1. The Labute approximate surface area is 151 Å². The third-order valence-electron chi connectivity index (χ3n) is 4.60. The number of furan rings is 1. The SMILES string of the molecule is C[C@H](c1ccc(C(=O)NC(C)(C)c2nnc(N)s2)o1)N1CCCCC1. The molecule has 1 amide bonds. The van der Waals surface area contributed by atoms with Crippen molar-refractivity contribution in [3.05, 3.63) is 28.7 Å². The highest BCUT2D eigenvalue weighted by Gasteiger charge is 2.29. The highest BCUT2D eigenvalue weighted by atomic mass is 32.1. The van der Waals surface area contributed by atoms with Gasteiger partial charge in [-0.25, -0.2) is 0 Å². The summed E-state index contributed by atoms with van der Waals surface area (Å²) in [7, 11) is 0. The van der Waals surface area contributed by atoms with Crippen molar-refractivity contribution in [2.45, 2.75) is 51.6 Å². The molecule has 0 unspecified atom stereocenters. The van der Waals surface area contributed by atoms with E-state index in [0.29, 0.717) is 15.9 Å². The number of nitrogens with zero attached hydrogens (tertiary/aromatic N) is 3. The van der Waals surface area contributed by atoms with Gasteiger partial charge in [-0.3, -0.25) is 9.69 Å². The first kappa shape index (κ1) is 17.9. The number of hydrogen-bond donors (Lipinski definition) is 2. The van der Waals surface area contributed by atoms with Crippen LogP contribution in [0.4, 0.5) is 5.13 Å². The second kappa shape index (κ2) is 7.13. The lowest BCUT2D eigenvalue weighted by atomic mass is 10.1. The molecule has 1 atom stereocenters. The number of nitrogens with one attached hydrogen (secondary N) is 1. The highest BCUT2D eigenvalue weighted by Crippen LogP contribution is 2.27. The van der Waals surface area contributed by atoms with Crippen molar-refractivity contribution in [2.75, 3.05) is 18.8 Å². The number of piperidine rings is 1. The maximum absolute atomic E-state index is 12.6. The van der Waals surface area contributed by atoms with Crippen LogP contribution in [0.3, 0.4) is 0 Å². The number of carbonyl (C=O) groups excluding carboxylic acids is 1. The van der Waals surface area contributed by atoms with E-state index in [0.717, 1.165) is 18.8 Å².